The lowest BCUT2D eigenvalue weighted by Crippen LogP contribution is -2.43. The number of nitrogens with one attached hydrogen (secondary N) is 1. The molecule has 1 fully saturated rings. The minimum absolute atomic E-state index is 0.0274. The van der Waals surface area contributed by atoms with Gasteiger partial charge in [-0.3, -0.25) is 23.4 Å². The van der Waals surface area contributed by atoms with Crippen LogP contribution < -0.4 is 10.1 Å². The molecule has 0 spiro atoms. The van der Waals surface area contributed by atoms with E-state index in [0.717, 1.165) is 6.20 Å². The number of ether oxygens (including phenoxy) is 1. The van der Waals surface area contributed by atoms with Crippen molar-refractivity contribution in [3.8, 4) is 5.75 Å². The number of hydrogen-bond donors (Lipinski definition) is 4. The van der Waals surface area contributed by atoms with E-state index in [4.69, 9.17) is 34.6 Å². The molecular weight excluding hydrogens is 458 g/mol. The smallest absolute Gasteiger partial charge is 0.404 e. The molecule has 0 radical (unpaired) electrons. The van der Waals surface area contributed by atoms with Crippen molar-refractivity contribution in [1.82, 2.24) is 9.55 Å². The molecule has 2 aliphatic rings. The van der Waals surface area contributed by atoms with Crippen molar-refractivity contribution in [3.05, 3.63) is 56.7 Å². The van der Waals surface area contributed by atoms with E-state index in [1.54, 1.807) is 12.1 Å². The average molecular weight is 479 g/mol. The van der Waals surface area contributed by atoms with Crippen LogP contribution in [0.2, 0.25) is 0 Å². The third-order valence-corrected chi connectivity index (χ3v) is 5.95. The molecule has 0 saturated carbocycles. The Balaban J connectivity index is 1.69. The van der Waals surface area contributed by atoms with Crippen molar-refractivity contribution < 1.29 is 46.7 Å². The second kappa shape index (κ2) is 8.19. The van der Waals surface area contributed by atoms with Gasteiger partial charge in [0.15, 0.2) is 11.0 Å². The number of rotatable bonds is 5. The Kier molecular flexibility index (Phi) is 4.91. The van der Waals surface area contributed by atoms with E-state index in [0.29, 0.717) is 10.1 Å². The number of aliphatic hydroxyl groups excluding tert-OH is 3. The highest BCUT2D eigenvalue weighted by Crippen LogP contribution is 2.55. The molecule has 1 aromatic carbocycles. The van der Waals surface area contributed by atoms with Gasteiger partial charge < -0.3 is 24.6 Å². The number of para-hydroxylation sites is 1. The van der Waals surface area contributed by atoms with Crippen molar-refractivity contribution in [3.63, 3.8) is 0 Å². The maximum atomic E-state index is 15.9. The highest BCUT2D eigenvalue weighted by atomic mass is 32.1. The summed E-state index contributed by atoms with van der Waals surface area (Å²) in [6.07, 6.45) is -7.56. The second-order valence-electron chi connectivity index (χ2n) is 6.53. The van der Waals surface area contributed by atoms with Crippen molar-refractivity contribution >= 4 is 20.0 Å². The highest BCUT2D eigenvalue weighted by molar-refractivity contribution is 7.71. The zero-order chi connectivity index (χ0) is 25.1. The van der Waals surface area contributed by atoms with Crippen LogP contribution in [0.1, 0.15) is 21.4 Å². The van der Waals surface area contributed by atoms with Gasteiger partial charge in [-0.1, -0.05) is 18.2 Å². The summed E-state index contributed by atoms with van der Waals surface area (Å²) in [4.78, 5) is 13.9. The third kappa shape index (κ3) is 4.11. The minimum atomic E-state index is -4.81. The number of hydrogen-bond acceptors (Lipinski definition) is 10. The van der Waals surface area contributed by atoms with Crippen LogP contribution in [-0.2, 0) is 31.6 Å². The van der Waals surface area contributed by atoms with Gasteiger partial charge in [0, 0.05) is 11.8 Å². The summed E-state index contributed by atoms with van der Waals surface area (Å²) >= 11 is 4.90. The van der Waals surface area contributed by atoms with Crippen molar-refractivity contribution in [2.24, 2.45) is 0 Å². The van der Waals surface area contributed by atoms with Gasteiger partial charge in [-0.25, -0.2) is 8.96 Å². The Labute approximate surface area is 183 Å². The predicted molar refractivity (Wildman–Crippen MR) is 103 cm³/mol. The first-order valence-corrected chi connectivity index (χ1v) is 10.6. The minimum Gasteiger partial charge on any atom is -0.404 e. The molecule has 2 aromatic rings. The molecule has 1 aromatic heterocycles. The number of alkyl halides is 1. The van der Waals surface area contributed by atoms with Crippen LogP contribution in [0.4, 0.5) is 4.39 Å². The molecule has 4 N–H and O–H groups in total. The molecule has 1 unspecified atom stereocenters. The summed E-state index contributed by atoms with van der Waals surface area (Å²) in [6.45, 7) is -4.97. The van der Waals surface area contributed by atoms with Crippen LogP contribution in [0.15, 0.2) is 35.3 Å². The molecular formula is C17H18FN2O9PS. The Hall–Kier alpha value is -1.96. The second-order valence-corrected chi connectivity index (χ2v) is 8.43. The Bertz CT molecular complexity index is 1300. The maximum absolute atomic E-state index is 15.9. The van der Waals surface area contributed by atoms with Crippen molar-refractivity contribution in [1.29, 1.82) is 0 Å². The average Bonchev–Trinajstić information content (AvgIpc) is 2.94. The number of halogens is 1. The van der Waals surface area contributed by atoms with Gasteiger partial charge in [-0.05, 0) is 18.3 Å². The van der Waals surface area contributed by atoms with E-state index < -0.39 is 55.6 Å². The van der Waals surface area contributed by atoms with E-state index >= 15 is 4.39 Å². The van der Waals surface area contributed by atoms with E-state index in [9.17, 15) is 24.7 Å². The van der Waals surface area contributed by atoms with Gasteiger partial charge in [-0.15, -0.1) is 0 Å². The topological polar surface area (TPSA) is 152 Å². The molecule has 5 atom stereocenters. The molecule has 0 bridgehead atoms. The fourth-order valence-corrected chi connectivity index (χ4v) is 4.17. The number of aliphatic hydroxyl groups is 3. The first-order chi connectivity index (χ1) is 15.8. The van der Waals surface area contributed by atoms with Gasteiger partial charge in [-0.2, -0.15) is 0 Å². The SMILES string of the molecule is [2H]C([2H])(OP1(=O)OCc2ccccc2O1)[C@@]1(F)O[C@@]([2H])(n2cc(CO)c(=O)[nH]c2=S)[C@H](O)[C@@H]1O. The van der Waals surface area contributed by atoms with Gasteiger partial charge in [0.2, 0.25) is 0 Å². The van der Waals surface area contributed by atoms with Crippen LogP contribution in [0.3, 0.4) is 0 Å². The molecule has 14 heteroatoms. The van der Waals surface area contributed by atoms with Crippen molar-refractivity contribution in [2.45, 2.75) is 37.5 Å². The first-order valence-electron chi connectivity index (χ1n) is 10.2. The molecule has 4 rings (SSSR count). The number of H-pyrrole nitrogens is 1. The zero-order valence-electron chi connectivity index (χ0n) is 18.4. The number of aromatic nitrogens is 2. The number of phosphoric acid groups is 1. The fourth-order valence-electron chi connectivity index (χ4n) is 2.84. The Morgan fingerprint density at radius 3 is 2.97 bits per heavy atom. The molecule has 3 heterocycles. The summed E-state index contributed by atoms with van der Waals surface area (Å²) in [6, 6.07) is 6.14. The van der Waals surface area contributed by atoms with Crippen LogP contribution in [0.5, 0.6) is 5.75 Å². The Morgan fingerprint density at radius 2 is 2.23 bits per heavy atom. The molecule has 1 saturated heterocycles. The lowest BCUT2D eigenvalue weighted by atomic mass is 10.1. The first kappa shape index (κ1) is 18.6. The third-order valence-electron chi connectivity index (χ3n) is 4.47. The highest BCUT2D eigenvalue weighted by Gasteiger charge is 2.57. The monoisotopic (exact) mass is 479 g/mol. The molecule has 168 valence electrons. The molecule has 0 aliphatic carbocycles. The van der Waals surface area contributed by atoms with Crippen LogP contribution in [0, 0.1) is 4.77 Å². The van der Waals surface area contributed by atoms with Crippen LogP contribution >= 0.6 is 20.0 Å². The summed E-state index contributed by atoms with van der Waals surface area (Å²) in [5.41, 5.74) is -0.734. The van der Waals surface area contributed by atoms with E-state index in [1.165, 1.54) is 12.1 Å². The number of nitrogens with zero attached hydrogens (tertiary/aromatic N) is 1. The summed E-state index contributed by atoms with van der Waals surface area (Å²) in [7, 11) is -4.81. The quantitative estimate of drug-likeness (QED) is 0.362. The molecule has 31 heavy (non-hydrogen) atoms. The number of phosphoric ester groups is 1. The maximum Gasteiger partial charge on any atom is 0.530 e. The zero-order valence-corrected chi connectivity index (χ0v) is 17.1. The fraction of sp³-hybridized carbons (Fsp3) is 0.412. The predicted octanol–water partition coefficient (Wildman–Crippen LogP) is 1.05. The lowest BCUT2D eigenvalue weighted by Gasteiger charge is -2.28. The van der Waals surface area contributed by atoms with Gasteiger partial charge >= 0.3 is 7.82 Å². The number of aromatic amines is 1. The van der Waals surface area contributed by atoms with Gasteiger partial charge in [0.1, 0.15) is 24.5 Å². The standard InChI is InChI=1S/C17H18FN2O9PS/c18-17(8-27-30(25)26-7-9-3-1-2-4-11(9)29-30)13(23)12(22)15(28-17)20-5-10(6-21)14(24)19-16(20)31/h1-5,12-13,15,21-23H,6-8H2,(H,19,24,31)/t12-,13+,15-,17-,30?/m1/s1/i8D2,15D. The van der Waals surface area contributed by atoms with Crippen LogP contribution in [0.25, 0.3) is 0 Å². The van der Waals surface area contributed by atoms with E-state index in [2.05, 4.69) is 4.98 Å². The lowest BCUT2D eigenvalue weighted by molar-refractivity contribution is -0.205. The number of fused-ring (bicyclic) bond motifs is 1. The van der Waals surface area contributed by atoms with Gasteiger partial charge in [0.25, 0.3) is 11.4 Å². The summed E-state index contributed by atoms with van der Waals surface area (Å²) < 4.78 is 72.8. The summed E-state index contributed by atoms with van der Waals surface area (Å²) in [5.74, 6) is -3.99. The van der Waals surface area contributed by atoms with Gasteiger partial charge in [0.05, 0.1) is 22.9 Å². The van der Waals surface area contributed by atoms with E-state index in [-0.39, 0.29) is 17.9 Å². The van der Waals surface area contributed by atoms with E-state index in [1.807, 2.05) is 0 Å². The molecule has 11 nitrogen and oxygen atoms in total. The van der Waals surface area contributed by atoms with Crippen LogP contribution in [-0.4, -0.2) is 49.5 Å². The largest absolute Gasteiger partial charge is 0.530 e. The summed E-state index contributed by atoms with van der Waals surface area (Å²) in [5, 5.41) is 30.1. The molecule has 2 aliphatic heterocycles. The normalized spacial score (nSPS) is 36.7. The molecule has 0 amide bonds. The Morgan fingerprint density at radius 1 is 1.48 bits per heavy atom. The number of benzene rings is 1. The van der Waals surface area contributed by atoms with Crippen molar-refractivity contribution in [2.75, 3.05) is 6.56 Å².